The SMILES string of the molecule is CC(C)c1cc(F)ccc1N1/C(=N/C(=O)NC(C)c2ccc(-c3ncn(-c4ccc(OC(F)(F)F)cc4)n3)cc2)SCCC1C. The first-order chi connectivity index (χ1) is 21.4. The van der Waals surface area contributed by atoms with Gasteiger partial charge in [-0.05, 0) is 79.8 Å². The molecule has 2 atom stereocenters. The Morgan fingerprint density at radius 3 is 2.44 bits per heavy atom. The van der Waals surface area contributed by atoms with Gasteiger partial charge in [0.1, 0.15) is 17.9 Å². The summed E-state index contributed by atoms with van der Waals surface area (Å²) in [7, 11) is 0. The number of amides is 2. The van der Waals surface area contributed by atoms with Crippen LogP contribution in [0.2, 0.25) is 0 Å². The molecule has 0 bridgehead atoms. The number of hydrogen-bond donors (Lipinski definition) is 1. The fraction of sp³-hybridized carbons (Fsp3) is 0.312. The van der Waals surface area contributed by atoms with Crippen molar-refractivity contribution in [1.82, 2.24) is 20.1 Å². The Balaban J connectivity index is 1.26. The van der Waals surface area contributed by atoms with Crippen molar-refractivity contribution in [1.29, 1.82) is 0 Å². The number of carbonyl (C=O) groups excluding carboxylic acids is 1. The molecule has 236 valence electrons. The second-order valence-electron chi connectivity index (χ2n) is 11.0. The minimum atomic E-state index is -4.76. The molecule has 8 nitrogen and oxygen atoms in total. The van der Waals surface area contributed by atoms with Crippen LogP contribution in [-0.2, 0) is 0 Å². The Bertz CT molecular complexity index is 1670. The van der Waals surface area contributed by atoms with E-state index in [0.29, 0.717) is 16.7 Å². The summed E-state index contributed by atoms with van der Waals surface area (Å²) in [6.07, 6.45) is -2.40. The number of thioether (sulfide) groups is 1. The highest BCUT2D eigenvalue weighted by atomic mass is 32.2. The number of anilines is 1. The molecule has 1 aromatic heterocycles. The second kappa shape index (κ2) is 13.3. The zero-order chi connectivity index (χ0) is 32.3. The number of amidine groups is 1. The lowest BCUT2D eigenvalue weighted by molar-refractivity contribution is -0.274. The van der Waals surface area contributed by atoms with Gasteiger partial charge in [0.25, 0.3) is 0 Å². The average Bonchev–Trinajstić information content (AvgIpc) is 3.48. The maximum absolute atomic E-state index is 14.1. The van der Waals surface area contributed by atoms with Crippen LogP contribution in [0.15, 0.2) is 78.0 Å². The summed E-state index contributed by atoms with van der Waals surface area (Å²) in [5.74, 6) is 0.705. The number of carbonyl (C=O) groups is 1. The van der Waals surface area contributed by atoms with Crippen LogP contribution in [0.3, 0.4) is 0 Å². The summed E-state index contributed by atoms with van der Waals surface area (Å²) >= 11 is 1.50. The number of halogens is 4. The molecule has 1 N–H and O–H groups in total. The highest BCUT2D eigenvalue weighted by molar-refractivity contribution is 8.14. The molecule has 2 amide bonds. The van der Waals surface area contributed by atoms with Crippen LogP contribution in [0.4, 0.5) is 28.0 Å². The zero-order valence-corrected chi connectivity index (χ0v) is 25.9. The molecule has 4 aromatic rings. The molecule has 1 saturated heterocycles. The fourth-order valence-corrected chi connectivity index (χ4v) is 6.18. The molecule has 0 radical (unpaired) electrons. The molecule has 0 spiro atoms. The number of benzene rings is 3. The van der Waals surface area contributed by atoms with E-state index in [2.05, 4.69) is 32.1 Å². The van der Waals surface area contributed by atoms with Crippen LogP contribution in [0.5, 0.6) is 5.75 Å². The molecular formula is C32H32F4N6O2S. The number of aromatic nitrogens is 3. The molecule has 45 heavy (non-hydrogen) atoms. The van der Waals surface area contributed by atoms with Crippen molar-refractivity contribution in [3.8, 4) is 22.8 Å². The van der Waals surface area contributed by atoms with Crippen molar-refractivity contribution in [2.45, 2.75) is 58.5 Å². The molecule has 2 heterocycles. The number of nitrogens with zero attached hydrogens (tertiary/aromatic N) is 5. The third-order valence-electron chi connectivity index (χ3n) is 7.32. The van der Waals surface area contributed by atoms with Gasteiger partial charge in [0.2, 0.25) is 0 Å². The van der Waals surface area contributed by atoms with E-state index in [-0.39, 0.29) is 29.6 Å². The van der Waals surface area contributed by atoms with E-state index >= 15 is 0 Å². The molecule has 1 aliphatic heterocycles. The van der Waals surface area contributed by atoms with E-state index in [9.17, 15) is 22.4 Å². The number of nitrogens with one attached hydrogen (secondary N) is 1. The molecule has 5 rings (SSSR count). The Labute approximate surface area is 262 Å². The number of alkyl halides is 3. The van der Waals surface area contributed by atoms with Crippen LogP contribution < -0.4 is 15.0 Å². The maximum atomic E-state index is 14.1. The predicted molar refractivity (Wildman–Crippen MR) is 167 cm³/mol. The van der Waals surface area contributed by atoms with Crippen LogP contribution in [0.25, 0.3) is 17.1 Å². The van der Waals surface area contributed by atoms with Gasteiger partial charge in [-0.2, -0.15) is 4.99 Å². The van der Waals surface area contributed by atoms with Gasteiger partial charge in [-0.25, -0.2) is 18.9 Å². The highest BCUT2D eigenvalue weighted by Gasteiger charge is 2.31. The third kappa shape index (κ3) is 7.83. The number of urea groups is 1. The summed E-state index contributed by atoms with van der Waals surface area (Å²) in [4.78, 5) is 23.9. The number of aliphatic imine (C=N–C) groups is 1. The van der Waals surface area contributed by atoms with Gasteiger partial charge in [0, 0.05) is 23.0 Å². The summed E-state index contributed by atoms with van der Waals surface area (Å²) < 4.78 is 56.7. The lowest BCUT2D eigenvalue weighted by Crippen LogP contribution is -2.42. The normalized spacial score (nSPS) is 17.0. The van der Waals surface area contributed by atoms with Crippen molar-refractivity contribution in [2.24, 2.45) is 4.99 Å². The van der Waals surface area contributed by atoms with Crippen molar-refractivity contribution in [3.05, 3.63) is 90.0 Å². The fourth-order valence-electron chi connectivity index (χ4n) is 4.97. The smallest absolute Gasteiger partial charge is 0.406 e. The summed E-state index contributed by atoms with van der Waals surface area (Å²) in [5.41, 5.74) is 3.79. The van der Waals surface area contributed by atoms with Gasteiger partial charge in [0.05, 0.1) is 11.7 Å². The first-order valence-electron chi connectivity index (χ1n) is 14.4. The molecule has 2 unspecified atom stereocenters. The van der Waals surface area contributed by atoms with E-state index in [0.717, 1.165) is 34.6 Å². The van der Waals surface area contributed by atoms with Crippen LogP contribution >= 0.6 is 11.8 Å². The Morgan fingerprint density at radius 1 is 1.07 bits per heavy atom. The van der Waals surface area contributed by atoms with Gasteiger partial charge in [-0.1, -0.05) is 49.9 Å². The largest absolute Gasteiger partial charge is 0.573 e. The standard InChI is InChI=1S/C32H32F4N6O2S/c1-19(2)27-17-24(33)9-14-28(27)42-20(3)15-16-45-31(42)39-30(43)38-21(4)22-5-7-23(8-6-22)29-37-18-41(40-29)25-10-12-26(13-11-25)44-32(34,35)36/h5-14,17-21H,15-16H2,1-4H3,(H,38,43)/b39-31-. The van der Waals surface area contributed by atoms with Crippen molar-refractivity contribution in [3.63, 3.8) is 0 Å². The number of rotatable bonds is 7. The molecule has 3 aromatic carbocycles. The Kier molecular flexibility index (Phi) is 9.47. The lowest BCUT2D eigenvalue weighted by Gasteiger charge is -2.37. The van der Waals surface area contributed by atoms with Crippen LogP contribution in [0, 0.1) is 5.82 Å². The molecular weight excluding hydrogens is 608 g/mol. The molecule has 13 heteroatoms. The number of hydrogen-bond acceptors (Lipinski definition) is 5. The monoisotopic (exact) mass is 640 g/mol. The quantitative estimate of drug-likeness (QED) is 0.205. The molecule has 0 aliphatic carbocycles. The van der Waals surface area contributed by atoms with Crippen molar-refractivity contribution >= 4 is 28.6 Å². The van der Waals surface area contributed by atoms with E-state index in [4.69, 9.17) is 0 Å². The van der Waals surface area contributed by atoms with Crippen LogP contribution in [-0.4, -0.2) is 44.1 Å². The summed E-state index contributed by atoms with van der Waals surface area (Å²) in [6, 6.07) is 16.7. The minimum Gasteiger partial charge on any atom is -0.406 e. The molecule has 1 fully saturated rings. The van der Waals surface area contributed by atoms with E-state index < -0.39 is 12.4 Å². The van der Waals surface area contributed by atoms with E-state index in [1.165, 1.54) is 53.1 Å². The van der Waals surface area contributed by atoms with Gasteiger partial charge in [-0.15, -0.1) is 18.3 Å². The predicted octanol–water partition coefficient (Wildman–Crippen LogP) is 8.25. The van der Waals surface area contributed by atoms with Gasteiger partial charge in [-0.3, -0.25) is 0 Å². The van der Waals surface area contributed by atoms with Crippen molar-refractivity contribution in [2.75, 3.05) is 10.7 Å². The molecule has 1 aliphatic rings. The van der Waals surface area contributed by atoms with E-state index in [1.54, 1.807) is 12.1 Å². The van der Waals surface area contributed by atoms with Crippen LogP contribution in [0.1, 0.15) is 57.2 Å². The van der Waals surface area contributed by atoms with Crippen molar-refractivity contribution < 1.29 is 27.1 Å². The first-order valence-corrected chi connectivity index (χ1v) is 15.4. The maximum Gasteiger partial charge on any atom is 0.573 e. The first kappa shape index (κ1) is 32.0. The second-order valence-corrected chi connectivity index (χ2v) is 12.0. The minimum absolute atomic E-state index is 0.0881. The topological polar surface area (TPSA) is 84.6 Å². The summed E-state index contributed by atoms with van der Waals surface area (Å²) in [6.45, 7) is 7.96. The summed E-state index contributed by atoms with van der Waals surface area (Å²) in [5, 5.41) is 7.94. The lowest BCUT2D eigenvalue weighted by atomic mass is 9.99. The van der Waals surface area contributed by atoms with Gasteiger partial charge in [0.15, 0.2) is 11.0 Å². The number of ether oxygens (including phenoxy) is 1. The Morgan fingerprint density at radius 2 is 1.78 bits per heavy atom. The molecule has 0 saturated carbocycles. The highest BCUT2D eigenvalue weighted by Crippen LogP contribution is 2.35. The average molecular weight is 641 g/mol. The van der Waals surface area contributed by atoms with Gasteiger partial charge >= 0.3 is 12.4 Å². The Hall–Kier alpha value is -4.39. The van der Waals surface area contributed by atoms with Gasteiger partial charge < -0.3 is 15.0 Å². The third-order valence-corrected chi connectivity index (χ3v) is 8.30. The zero-order valence-electron chi connectivity index (χ0n) is 25.0. The van der Waals surface area contributed by atoms with E-state index in [1.807, 2.05) is 49.9 Å².